The standard InChI is InChI=1S/C11H19NO3/c1-4-15-11(14)10(13)12-7-5-6-8(2)9(12)3/h8-9H,4-7H2,1-3H3. The van der Waals surface area contributed by atoms with Crippen LogP contribution in [0.15, 0.2) is 0 Å². The highest BCUT2D eigenvalue weighted by Crippen LogP contribution is 2.22. The van der Waals surface area contributed by atoms with Crippen LogP contribution in [0.1, 0.15) is 33.6 Å². The summed E-state index contributed by atoms with van der Waals surface area (Å²) in [6, 6.07) is 0.135. The molecule has 86 valence electrons. The molecule has 0 aromatic rings. The van der Waals surface area contributed by atoms with Gasteiger partial charge in [0.2, 0.25) is 0 Å². The molecule has 1 rings (SSSR count). The van der Waals surface area contributed by atoms with E-state index in [4.69, 9.17) is 4.74 Å². The van der Waals surface area contributed by atoms with Crippen molar-refractivity contribution in [1.29, 1.82) is 0 Å². The van der Waals surface area contributed by atoms with Crippen molar-refractivity contribution in [2.75, 3.05) is 13.2 Å². The fraction of sp³-hybridized carbons (Fsp3) is 0.818. The molecule has 0 saturated carbocycles. The largest absolute Gasteiger partial charge is 0.459 e. The van der Waals surface area contributed by atoms with Crippen molar-refractivity contribution >= 4 is 11.9 Å². The van der Waals surface area contributed by atoms with E-state index in [1.54, 1.807) is 11.8 Å². The molecule has 0 N–H and O–H groups in total. The zero-order valence-electron chi connectivity index (χ0n) is 9.66. The van der Waals surface area contributed by atoms with Crippen LogP contribution in [0.25, 0.3) is 0 Å². The Morgan fingerprint density at radius 2 is 2.07 bits per heavy atom. The van der Waals surface area contributed by atoms with Crippen LogP contribution in [0.3, 0.4) is 0 Å². The normalized spacial score (nSPS) is 26.2. The van der Waals surface area contributed by atoms with Crippen LogP contribution in [-0.2, 0) is 14.3 Å². The highest BCUT2D eigenvalue weighted by Gasteiger charge is 2.32. The Morgan fingerprint density at radius 3 is 2.67 bits per heavy atom. The third-order valence-corrected chi connectivity index (χ3v) is 3.08. The monoisotopic (exact) mass is 213 g/mol. The Morgan fingerprint density at radius 1 is 1.40 bits per heavy atom. The first kappa shape index (κ1) is 12.0. The molecule has 1 amide bonds. The van der Waals surface area contributed by atoms with Gasteiger partial charge in [-0.25, -0.2) is 4.79 Å². The molecule has 0 aromatic heterocycles. The van der Waals surface area contributed by atoms with Gasteiger partial charge in [-0.2, -0.15) is 0 Å². The lowest BCUT2D eigenvalue weighted by Gasteiger charge is -2.37. The maximum atomic E-state index is 11.7. The quantitative estimate of drug-likeness (QED) is 0.485. The lowest BCUT2D eigenvalue weighted by atomic mass is 9.92. The fourth-order valence-corrected chi connectivity index (χ4v) is 1.93. The van der Waals surface area contributed by atoms with Crippen LogP contribution in [-0.4, -0.2) is 36.0 Å². The third kappa shape index (κ3) is 2.70. The lowest BCUT2D eigenvalue weighted by Crippen LogP contribution is -2.49. The third-order valence-electron chi connectivity index (χ3n) is 3.08. The van der Waals surface area contributed by atoms with Gasteiger partial charge in [0.15, 0.2) is 0 Å². The zero-order valence-corrected chi connectivity index (χ0v) is 9.66. The molecule has 1 aliphatic heterocycles. The van der Waals surface area contributed by atoms with Crippen LogP contribution < -0.4 is 0 Å². The molecular formula is C11H19NO3. The van der Waals surface area contributed by atoms with Crippen LogP contribution >= 0.6 is 0 Å². The molecule has 0 aliphatic carbocycles. The topological polar surface area (TPSA) is 46.6 Å². The molecule has 0 radical (unpaired) electrons. The fourth-order valence-electron chi connectivity index (χ4n) is 1.93. The number of likely N-dealkylation sites (tertiary alicyclic amines) is 1. The molecule has 1 fully saturated rings. The summed E-state index contributed by atoms with van der Waals surface area (Å²) < 4.78 is 4.71. The Hall–Kier alpha value is -1.06. The number of hydrogen-bond acceptors (Lipinski definition) is 3. The molecule has 1 heterocycles. The van der Waals surface area contributed by atoms with Gasteiger partial charge in [-0.05, 0) is 32.6 Å². The number of rotatable bonds is 1. The summed E-state index contributed by atoms with van der Waals surface area (Å²) in [6.07, 6.45) is 2.09. The van der Waals surface area contributed by atoms with Gasteiger partial charge in [-0.1, -0.05) is 6.92 Å². The minimum Gasteiger partial charge on any atom is -0.459 e. The number of amides is 1. The highest BCUT2D eigenvalue weighted by atomic mass is 16.5. The molecule has 2 atom stereocenters. The van der Waals surface area contributed by atoms with E-state index < -0.39 is 11.9 Å². The number of carbonyl (C=O) groups is 2. The van der Waals surface area contributed by atoms with Crippen molar-refractivity contribution in [3.05, 3.63) is 0 Å². The van der Waals surface area contributed by atoms with Crippen LogP contribution in [0.4, 0.5) is 0 Å². The molecular weight excluding hydrogens is 194 g/mol. The molecule has 0 aromatic carbocycles. The Bertz CT molecular complexity index is 252. The number of piperidine rings is 1. The van der Waals surface area contributed by atoms with Gasteiger partial charge < -0.3 is 9.64 Å². The van der Waals surface area contributed by atoms with Gasteiger partial charge in [0.05, 0.1) is 6.61 Å². The maximum absolute atomic E-state index is 11.7. The molecule has 1 aliphatic rings. The second-order valence-corrected chi connectivity index (χ2v) is 4.08. The minimum atomic E-state index is -0.724. The average molecular weight is 213 g/mol. The van der Waals surface area contributed by atoms with Crippen molar-refractivity contribution in [2.45, 2.75) is 39.7 Å². The Kier molecular flexibility index (Phi) is 4.12. The summed E-state index contributed by atoms with van der Waals surface area (Å²) in [5.41, 5.74) is 0. The summed E-state index contributed by atoms with van der Waals surface area (Å²) in [7, 11) is 0. The first-order valence-electron chi connectivity index (χ1n) is 5.55. The zero-order chi connectivity index (χ0) is 11.4. The summed E-state index contributed by atoms with van der Waals surface area (Å²) >= 11 is 0. The second-order valence-electron chi connectivity index (χ2n) is 4.08. The second kappa shape index (κ2) is 5.14. The van der Waals surface area contributed by atoms with Crippen molar-refractivity contribution < 1.29 is 14.3 Å². The summed E-state index contributed by atoms with van der Waals surface area (Å²) in [5, 5.41) is 0. The van der Waals surface area contributed by atoms with Crippen LogP contribution in [0.2, 0.25) is 0 Å². The summed E-state index contributed by atoms with van der Waals surface area (Å²) in [6.45, 7) is 6.72. The van der Waals surface area contributed by atoms with E-state index in [1.165, 1.54) is 0 Å². The highest BCUT2D eigenvalue weighted by molar-refractivity contribution is 6.32. The predicted octanol–water partition coefficient (Wildman–Crippen LogP) is 1.20. The van der Waals surface area contributed by atoms with Crippen molar-refractivity contribution in [3.63, 3.8) is 0 Å². The number of hydrogen-bond donors (Lipinski definition) is 0. The number of carbonyl (C=O) groups excluding carboxylic acids is 2. The molecule has 1 saturated heterocycles. The van der Waals surface area contributed by atoms with E-state index in [-0.39, 0.29) is 12.6 Å². The first-order chi connectivity index (χ1) is 7.07. The molecule has 0 spiro atoms. The number of esters is 1. The number of nitrogens with zero attached hydrogens (tertiary/aromatic N) is 1. The van der Waals surface area contributed by atoms with Crippen LogP contribution in [0, 0.1) is 5.92 Å². The minimum absolute atomic E-state index is 0.135. The van der Waals surface area contributed by atoms with Crippen molar-refractivity contribution in [3.8, 4) is 0 Å². The smallest absolute Gasteiger partial charge is 0.397 e. The van der Waals surface area contributed by atoms with E-state index >= 15 is 0 Å². The lowest BCUT2D eigenvalue weighted by molar-refractivity contribution is -0.162. The molecule has 0 bridgehead atoms. The van der Waals surface area contributed by atoms with Crippen molar-refractivity contribution in [2.24, 2.45) is 5.92 Å². The van der Waals surface area contributed by atoms with E-state index in [2.05, 4.69) is 6.92 Å². The van der Waals surface area contributed by atoms with Gasteiger partial charge in [-0.15, -0.1) is 0 Å². The van der Waals surface area contributed by atoms with Crippen LogP contribution in [0.5, 0.6) is 0 Å². The van der Waals surface area contributed by atoms with E-state index in [0.717, 1.165) is 12.8 Å². The van der Waals surface area contributed by atoms with E-state index in [0.29, 0.717) is 12.5 Å². The molecule has 2 unspecified atom stereocenters. The van der Waals surface area contributed by atoms with Gasteiger partial charge in [0.1, 0.15) is 0 Å². The van der Waals surface area contributed by atoms with Gasteiger partial charge in [0, 0.05) is 12.6 Å². The van der Waals surface area contributed by atoms with Crippen molar-refractivity contribution in [1.82, 2.24) is 4.90 Å². The predicted molar refractivity (Wildman–Crippen MR) is 56.2 cm³/mol. The van der Waals surface area contributed by atoms with Gasteiger partial charge in [0.25, 0.3) is 0 Å². The Labute approximate surface area is 90.6 Å². The Balaban J connectivity index is 2.61. The molecule has 4 nitrogen and oxygen atoms in total. The molecule has 15 heavy (non-hydrogen) atoms. The molecule has 4 heteroatoms. The SMILES string of the molecule is CCOC(=O)C(=O)N1CCCC(C)C1C. The van der Waals surface area contributed by atoms with E-state index in [1.807, 2.05) is 6.92 Å². The average Bonchev–Trinajstić information content (AvgIpc) is 2.21. The van der Waals surface area contributed by atoms with Gasteiger partial charge >= 0.3 is 11.9 Å². The maximum Gasteiger partial charge on any atom is 0.397 e. The summed E-state index contributed by atoms with van der Waals surface area (Å²) in [4.78, 5) is 24.6. The van der Waals surface area contributed by atoms with Gasteiger partial charge in [-0.3, -0.25) is 4.79 Å². The van der Waals surface area contributed by atoms with E-state index in [9.17, 15) is 9.59 Å². The first-order valence-corrected chi connectivity index (χ1v) is 5.55. The number of ether oxygens (including phenoxy) is 1. The summed E-state index contributed by atoms with van der Waals surface area (Å²) in [5.74, 6) is -0.758.